The first-order valence-electron chi connectivity index (χ1n) is 5.50. The first-order valence-corrected chi connectivity index (χ1v) is 6.29. The van der Waals surface area contributed by atoms with Crippen LogP contribution in [0, 0.1) is 0 Å². The summed E-state index contributed by atoms with van der Waals surface area (Å²) in [6.45, 7) is 0. The molecule has 104 valence electrons. The first kappa shape index (κ1) is 14.1. The number of methoxy groups -OCH3 is 1. The fraction of sp³-hybridized carbons (Fsp3) is 0.0769. The number of furan rings is 2. The highest BCUT2D eigenvalue weighted by Crippen LogP contribution is 2.15. The molecular weight excluding hydrogens is 330 g/mol. The minimum absolute atomic E-state index is 0.0556. The summed E-state index contributed by atoms with van der Waals surface area (Å²) in [5.74, 6) is -0.795. The van der Waals surface area contributed by atoms with Gasteiger partial charge in [0.05, 0.1) is 13.4 Å². The van der Waals surface area contributed by atoms with Gasteiger partial charge >= 0.3 is 5.97 Å². The van der Waals surface area contributed by atoms with E-state index in [1.807, 2.05) is 0 Å². The number of amides is 1. The van der Waals surface area contributed by atoms with Gasteiger partial charge in [-0.1, -0.05) is 0 Å². The average Bonchev–Trinajstić information content (AvgIpc) is 3.08. The lowest BCUT2D eigenvalue weighted by molar-refractivity contribution is -0.136. The van der Waals surface area contributed by atoms with Crippen molar-refractivity contribution in [1.82, 2.24) is 5.32 Å². The zero-order valence-corrected chi connectivity index (χ0v) is 12.0. The molecule has 1 N–H and O–H groups in total. The van der Waals surface area contributed by atoms with Crippen molar-refractivity contribution in [3.63, 3.8) is 0 Å². The predicted molar refractivity (Wildman–Crippen MR) is 72.6 cm³/mol. The van der Waals surface area contributed by atoms with Crippen LogP contribution in [0.4, 0.5) is 0 Å². The number of halogens is 1. The molecule has 0 unspecified atom stereocenters. The molecule has 2 aromatic rings. The van der Waals surface area contributed by atoms with Gasteiger partial charge in [-0.3, -0.25) is 4.79 Å². The Morgan fingerprint density at radius 2 is 2.15 bits per heavy atom. The molecule has 0 aliphatic heterocycles. The topological polar surface area (TPSA) is 81.7 Å². The summed E-state index contributed by atoms with van der Waals surface area (Å²) in [6.07, 6.45) is 2.81. The SMILES string of the molecule is COC(=O)/C(=C\c1ccco1)NC(=O)c1ccc(Br)o1. The Bertz CT molecular complexity index is 642. The molecule has 2 heterocycles. The molecule has 1 amide bonds. The van der Waals surface area contributed by atoms with E-state index in [9.17, 15) is 9.59 Å². The zero-order valence-electron chi connectivity index (χ0n) is 10.4. The van der Waals surface area contributed by atoms with Gasteiger partial charge in [-0.15, -0.1) is 0 Å². The van der Waals surface area contributed by atoms with Crippen molar-refractivity contribution in [2.24, 2.45) is 0 Å². The van der Waals surface area contributed by atoms with Gasteiger partial charge in [0.15, 0.2) is 10.4 Å². The highest BCUT2D eigenvalue weighted by atomic mass is 79.9. The van der Waals surface area contributed by atoms with Crippen LogP contribution in [-0.4, -0.2) is 19.0 Å². The van der Waals surface area contributed by atoms with Gasteiger partial charge in [0, 0.05) is 6.08 Å². The van der Waals surface area contributed by atoms with E-state index in [-0.39, 0.29) is 11.5 Å². The highest BCUT2D eigenvalue weighted by Gasteiger charge is 2.17. The van der Waals surface area contributed by atoms with Crippen LogP contribution in [0.1, 0.15) is 16.3 Å². The molecule has 2 aromatic heterocycles. The van der Waals surface area contributed by atoms with E-state index < -0.39 is 11.9 Å². The third-order valence-corrected chi connectivity index (χ3v) is 2.71. The van der Waals surface area contributed by atoms with Gasteiger partial charge in [-0.25, -0.2) is 4.79 Å². The van der Waals surface area contributed by atoms with Gasteiger partial charge in [0.2, 0.25) is 0 Å². The molecule has 0 radical (unpaired) electrons. The Kier molecular flexibility index (Phi) is 4.41. The molecule has 0 bridgehead atoms. The predicted octanol–water partition coefficient (Wildman–Crippen LogP) is 2.58. The van der Waals surface area contributed by atoms with Gasteiger partial charge in [0.1, 0.15) is 11.5 Å². The second kappa shape index (κ2) is 6.25. The molecule has 7 heteroatoms. The third kappa shape index (κ3) is 3.39. The summed E-state index contributed by atoms with van der Waals surface area (Å²) in [5, 5.41) is 2.41. The van der Waals surface area contributed by atoms with Crippen molar-refractivity contribution in [1.29, 1.82) is 0 Å². The summed E-state index contributed by atoms with van der Waals surface area (Å²) < 4.78 is 15.2. The largest absolute Gasteiger partial charge is 0.465 e. The molecule has 0 fully saturated rings. The van der Waals surface area contributed by atoms with Crippen molar-refractivity contribution in [3.05, 3.63) is 52.4 Å². The number of carbonyl (C=O) groups excluding carboxylic acids is 2. The van der Waals surface area contributed by atoms with Crippen LogP contribution < -0.4 is 5.32 Å². The van der Waals surface area contributed by atoms with E-state index in [1.165, 1.54) is 25.5 Å². The highest BCUT2D eigenvalue weighted by molar-refractivity contribution is 9.10. The number of ether oxygens (including phenoxy) is 1. The fourth-order valence-electron chi connectivity index (χ4n) is 1.39. The van der Waals surface area contributed by atoms with Crippen LogP contribution in [0.5, 0.6) is 0 Å². The molecule has 0 aliphatic carbocycles. The summed E-state index contributed by atoms with van der Waals surface area (Å²) in [5.41, 5.74) is -0.0556. The Labute approximate surface area is 122 Å². The minimum Gasteiger partial charge on any atom is -0.465 e. The van der Waals surface area contributed by atoms with Crippen LogP contribution in [0.2, 0.25) is 0 Å². The molecule has 0 spiro atoms. The van der Waals surface area contributed by atoms with Crippen molar-refractivity contribution in [2.45, 2.75) is 0 Å². The number of nitrogens with one attached hydrogen (secondary N) is 1. The van der Waals surface area contributed by atoms with Crippen molar-refractivity contribution in [3.8, 4) is 0 Å². The van der Waals surface area contributed by atoms with Crippen molar-refractivity contribution >= 4 is 33.9 Å². The van der Waals surface area contributed by atoms with E-state index in [4.69, 9.17) is 8.83 Å². The monoisotopic (exact) mass is 339 g/mol. The molecule has 20 heavy (non-hydrogen) atoms. The van der Waals surface area contributed by atoms with E-state index in [0.29, 0.717) is 10.4 Å². The number of esters is 1. The van der Waals surface area contributed by atoms with Gasteiger partial charge in [-0.05, 0) is 40.2 Å². The quantitative estimate of drug-likeness (QED) is 0.683. The molecule has 0 aliphatic rings. The number of rotatable bonds is 4. The van der Waals surface area contributed by atoms with E-state index in [0.717, 1.165) is 0 Å². The van der Waals surface area contributed by atoms with E-state index in [1.54, 1.807) is 18.2 Å². The zero-order chi connectivity index (χ0) is 14.5. The van der Waals surface area contributed by atoms with Crippen LogP contribution in [0.25, 0.3) is 6.08 Å². The summed E-state index contributed by atoms with van der Waals surface area (Å²) >= 11 is 3.09. The smallest absolute Gasteiger partial charge is 0.354 e. The summed E-state index contributed by atoms with van der Waals surface area (Å²) in [7, 11) is 1.22. The van der Waals surface area contributed by atoms with E-state index >= 15 is 0 Å². The lowest BCUT2D eigenvalue weighted by Crippen LogP contribution is -2.27. The maximum absolute atomic E-state index is 11.9. The number of hydrogen-bond acceptors (Lipinski definition) is 5. The third-order valence-electron chi connectivity index (χ3n) is 2.28. The number of carbonyl (C=O) groups is 2. The molecule has 2 rings (SSSR count). The van der Waals surface area contributed by atoms with Crippen LogP contribution in [0.3, 0.4) is 0 Å². The fourth-order valence-corrected chi connectivity index (χ4v) is 1.70. The summed E-state index contributed by atoms with van der Waals surface area (Å²) in [6, 6.07) is 6.34. The van der Waals surface area contributed by atoms with Crippen LogP contribution in [0.15, 0.2) is 49.7 Å². The lowest BCUT2D eigenvalue weighted by atomic mass is 10.3. The Hall–Kier alpha value is -2.28. The Morgan fingerprint density at radius 3 is 2.70 bits per heavy atom. The minimum atomic E-state index is -0.694. The van der Waals surface area contributed by atoms with Crippen molar-refractivity contribution < 1.29 is 23.2 Å². The van der Waals surface area contributed by atoms with Gasteiger partial charge < -0.3 is 18.9 Å². The molecule has 0 atom stereocenters. The normalized spacial score (nSPS) is 11.2. The maximum atomic E-state index is 11.9. The molecule has 0 saturated carbocycles. The standard InChI is InChI=1S/C13H10BrNO5/c1-18-13(17)9(7-8-3-2-6-19-8)15-12(16)10-4-5-11(14)20-10/h2-7H,1H3,(H,15,16)/b9-7+. The lowest BCUT2D eigenvalue weighted by Gasteiger charge is -2.05. The number of hydrogen-bond donors (Lipinski definition) is 1. The molecule has 0 saturated heterocycles. The van der Waals surface area contributed by atoms with Gasteiger partial charge in [0.25, 0.3) is 5.91 Å². The average molecular weight is 340 g/mol. The second-order valence-corrected chi connectivity index (χ2v) is 4.40. The maximum Gasteiger partial charge on any atom is 0.354 e. The molecule has 6 nitrogen and oxygen atoms in total. The van der Waals surface area contributed by atoms with E-state index in [2.05, 4.69) is 26.0 Å². The summed E-state index contributed by atoms with van der Waals surface area (Å²) in [4.78, 5) is 23.5. The van der Waals surface area contributed by atoms with Gasteiger partial charge in [-0.2, -0.15) is 0 Å². The Morgan fingerprint density at radius 1 is 1.35 bits per heavy atom. The Balaban J connectivity index is 2.20. The van der Waals surface area contributed by atoms with Crippen molar-refractivity contribution in [2.75, 3.05) is 7.11 Å². The molecule has 0 aromatic carbocycles. The van der Waals surface area contributed by atoms with Crippen LogP contribution in [-0.2, 0) is 9.53 Å². The van der Waals surface area contributed by atoms with Crippen LogP contribution >= 0.6 is 15.9 Å². The molecular formula is C13H10BrNO5. The first-order chi connectivity index (χ1) is 9.60. The second-order valence-electron chi connectivity index (χ2n) is 3.62.